The first-order valence-corrected chi connectivity index (χ1v) is 11.2. The molecule has 0 amide bonds. The van der Waals surface area contributed by atoms with Gasteiger partial charge in [-0.25, -0.2) is 0 Å². The van der Waals surface area contributed by atoms with Crippen LogP contribution in [0, 0.1) is 0 Å². The summed E-state index contributed by atoms with van der Waals surface area (Å²) in [4.78, 5) is 15.6. The van der Waals surface area contributed by atoms with Gasteiger partial charge in [-0.05, 0) is 30.5 Å². The highest BCUT2D eigenvalue weighted by atomic mass is 16.1. The highest BCUT2D eigenvalue weighted by molar-refractivity contribution is 6.40. The zero-order valence-corrected chi connectivity index (χ0v) is 17.3. The van der Waals surface area contributed by atoms with E-state index in [0.717, 1.165) is 54.0 Å². The summed E-state index contributed by atoms with van der Waals surface area (Å²) in [7, 11) is 0. The Labute approximate surface area is 174 Å². The smallest absolute Gasteiger partial charge is 0.196 e. The van der Waals surface area contributed by atoms with Crippen molar-refractivity contribution in [1.82, 2.24) is 4.90 Å². The number of hydrogen-bond acceptors (Lipinski definition) is 3. The minimum absolute atomic E-state index is 0.185. The van der Waals surface area contributed by atoms with Crippen molar-refractivity contribution in [3.63, 3.8) is 0 Å². The van der Waals surface area contributed by atoms with E-state index in [1.165, 1.54) is 50.5 Å². The van der Waals surface area contributed by atoms with E-state index in [2.05, 4.69) is 29.2 Å². The summed E-state index contributed by atoms with van der Waals surface area (Å²) in [6.07, 6.45) is 10.1. The molecule has 2 N–H and O–H groups in total. The summed E-state index contributed by atoms with van der Waals surface area (Å²) in [5, 5.41) is 0. The van der Waals surface area contributed by atoms with E-state index in [-0.39, 0.29) is 5.78 Å². The van der Waals surface area contributed by atoms with Crippen LogP contribution in [-0.2, 0) is 6.54 Å². The lowest BCUT2D eigenvalue weighted by molar-refractivity contribution is 0.105. The predicted octanol–water partition coefficient (Wildman–Crippen LogP) is 5.65. The van der Waals surface area contributed by atoms with Crippen molar-refractivity contribution in [1.29, 1.82) is 0 Å². The van der Waals surface area contributed by atoms with Crippen LogP contribution in [0.5, 0.6) is 0 Å². The molecule has 2 aromatic rings. The number of nitrogens with zero attached hydrogens (tertiary/aromatic N) is 1. The van der Waals surface area contributed by atoms with Crippen LogP contribution in [-0.4, -0.2) is 23.8 Å². The van der Waals surface area contributed by atoms with Crippen molar-refractivity contribution in [2.24, 2.45) is 5.73 Å². The quantitative estimate of drug-likeness (QED) is 0.535. The monoisotopic (exact) mass is 388 g/mol. The summed E-state index contributed by atoms with van der Waals surface area (Å²) in [6, 6.07) is 16.5. The molecule has 152 valence electrons. The van der Waals surface area contributed by atoms with Crippen LogP contribution < -0.4 is 5.73 Å². The fraction of sp³-hybridized carbons (Fsp3) is 0.423. The molecule has 0 aromatic heterocycles. The Morgan fingerprint density at radius 1 is 0.724 bits per heavy atom. The van der Waals surface area contributed by atoms with Crippen LogP contribution in [0.3, 0.4) is 0 Å². The number of fused-ring (bicyclic) bond motifs is 4. The number of Topliss-reactive ketones (excluding diaryl/α,β-unsaturated/α-hetero) is 1. The van der Waals surface area contributed by atoms with E-state index < -0.39 is 0 Å². The molecule has 0 saturated carbocycles. The van der Waals surface area contributed by atoms with Gasteiger partial charge < -0.3 is 10.6 Å². The number of ketones is 1. The van der Waals surface area contributed by atoms with Crippen molar-refractivity contribution in [2.45, 2.75) is 57.9 Å². The van der Waals surface area contributed by atoms with Crippen LogP contribution in [0.2, 0.25) is 0 Å². The highest BCUT2D eigenvalue weighted by Crippen LogP contribution is 2.44. The fourth-order valence-corrected chi connectivity index (χ4v) is 4.73. The van der Waals surface area contributed by atoms with Crippen LogP contribution in [0.25, 0.3) is 11.3 Å². The molecule has 0 fully saturated rings. The zero-order chi connectivity index (χ0) is 20.1. The van der Waals surface area contributed by atoms with Gasteiger partial charge in [-0.2, -0.15) is 0 Å². The first-order chi connectivity index (χ1) is 14.3. The highest BCUT2D eigenvalue weighted by Gasteiger charge is 2.36. The van der Waals surface area contributed by atoms with E-state index in [0.29, 0.717) is 0 Å². The van der Waals surface area contributed by atoms with Crippen molar-refractivity contribution >= 4 is 17.1 Å². The lowest BCUT2D eigenvalue weighted by atomic mass is 9.92. The number of nitrogens with two attached hydrogens (primary N) is 1. The zero-order valence-electron chi connectivity index (χ0n) is 17.3. The van der Waals surface area contributed by atoms with Gasteiger partial charge in [0.1, 0.15) is 0 Å². The second-order valence-corrected chi connectivity index (χ2v) is 8.29. The topological polar surface area (TPSA) is 46.3 Å². The first-order valence-electron chi connectivity index (χ1n) is 11.2. The van der Waals surface area contributed by atoms with Crippen LogP contribution in [0.4, 0.5) is 0 Å². The maximum atomic E-state index is 13.2. The van der Waals surface area contributed by atoms with Crippen LogP contribution in [0.15, 0.2) is 48.5 Å². The molecule has 29 heavy (non-hydrogen) atoms. The standard InChI is InChI=1S/C26H32N2O/c27-17-11-5-3-1-2-4-6-12-18-28-19-20-13-7-8-14-21(20)24-25(28)22-15-9-10-16-23(22)26(24)29/h7-10,13-16H,1-6,11-12,17-19,27H2. The molecule has 1 aliphatic carbocycles. The largest absolute Gasteiger partial charge is 0.366 e. The molecular formula is C26H32N2O. The molecule has 1 aliphatic heterocycles. The summed E-state index contributed by atoms with van der Waals surface area (Å²) in [5.41, 5.74) is 12.0. The van der Waals surface area contributed by atoms with Gasteiger partial charge in [0.15, 0.2) is 5.78 Å². The maximum absolute atomic E-state index is 13.2. The molecule has 1 heterocycles. The number of allylic oxidation sites excluding steroid dienone is 1. The molecule has 0 atom stereocenters. The third-order valence-corrected chi connectivity index (χ3v) is 6.24. The summed E-state index contributed by atoms with van der Waals surface area (Å²) in [5.74, 6) is 0.185. The lowest BCUT2D eigenvalue weighted by Crippen LogP contribution is -2.27. The third-order valence-electron chi connectivity index (χ3n) is 6.24. The van der Waals surface area contributed by atoms with Gasteiger partial charge in [0.05, 0.1) is 11.3 Å². The van der Waals surface area contributed by atoms with Crippen LogP contribution in [0.1, 0.15) is 78.4 Å². The fourth-order valence-electron chi connectivity index (χ4n) is 4.73. The van der Waals surface area contributed by atoms with E-state index in [1.807, 2.05) is 24.3 Å². The number of carbonyl (C=O) groups is 1. The van der Waals surface area contributed by atoms with Gasteiger partial charge >= 0.3 is 0 Å². The average molecular weight is 389 g/mol. The Morgan fingerprint density at radius 2 is 1.31 bits per heavy atom. The lowest BCUT2D eigenvalue weighted by Gasteiger charge is -2.32. The van der Waals surface area contributed by atoms with E-state index in [9.17, 15) is 4.79 Å². The third kappa shape index (κ3) is 4.16. The van der Waals surface area contributed by atoms with E-state index >= 15 is 0 Å². The van der Waals surface area contributed by atoms with Crippen molar-refractivity contribution in [3.05, 3.63) is 70.8 Å². The molecule has 0 spiro atoms. The number of rotatable bonds is 10. The minimum atomic E-state index is 0.185. The van der Waals surface area contributed by atoms with Crippen molar-refractivity contribution in [3.8, 4) is 0 Å². The SMILES string of the molecule is NCCCCCCCCCCN1Cc2ccccc2C2=C1c1ccccc1C2=O. The van der Waals surface area contributed by atoms with Gasteiger partial charge in [-0.1, -0.05) is 87.1 Å². The number of unbranched alkanes of at least 4 members (excludes halogenated alkanes) is 7. The molecule has 3 nitrogen and oxygen atoms in total. The molecule has 3 heteroatoms. The Balaban J connectivity index is 1.41. The Hall–Kier alpha value is -2.39. The Bertz CT molecular complexity index is 899. The maximum Gasteiger partial charge on any atom is 0.196 e. The van der Waals surface area contributed by atoms with E-state index in [1.54, 1.807) is 0 Å². The number of carbonyl (C=O) groups excluding carboxylic acids is 1. The molecular weight excluding hydrogens is 356 g/mol. The summed E-state index contributed by atoms with van der Waals surface area (Å²) in [6.45, 7) is 2.74. The summed E-state index contributed by atoms with van der Waals surface area (Å²) < 4.78 is 0. The van der Waals surface area contributed by atoms with Crippen molar-refractivity contribution in [2.75, 3.05) is 13.1 Å². The molecule has 0 unspecified atom stereocenters. The van der Waals surface area contributed by atoms with Crippen LogP contribution >= 0.6 is 0 Å². The normalized spacial score (nSPS) is 14.8. The van der Waals surface area contributed by atoms with Gasteiger partial charge in [-0.3, -0.25) is 4.79 Å². The Kier molecular flexibility index (Phi) is 6.46. The molecule has 0 bridgehead atoms. The first kappa shape index (κ1) is 19.9. The van der Waals surface area contributed by atoms with E-state index in [4.69, 9.17) is 5.73 Å². The van der Waals surface area contributed by atoms with Gasteiger partial charge in [0, 0.05) is 24.2 Å². The second kappa shape index (κ2) is 9.41. The molecule has 0 radical (unpaired) electrons. The molecule has 0 saturated heterocycles. The van der Waals surface area contributed by atoms with Gasteiger partial charge in [0.25, 0.3) is 0 Å². The van der Waals surface area contributed by atoms with Crippen molar-refractivity contribution < 1.29 is 4.79 Å². The molecule has 2 aromatic carbocycles. The average Bonchev–Trinajstić information content (AvgIpc) is 3.06. The van der Waals surface area contributed by atoms with Gasteiger partial charge in [0.2, 0.25) is 0 Å². The molecule has 2 aliphatic rings. The number of hydrogen-bond donors (Lipinski definition) is 1. The second-order valence-electron chi connectivity index (χ2n) is 8.29. The summed E-state index contributed by atoms with van der Waals surface area (Å²) >= 11 is 0. The minimum Gasteiger partial charge on any atom is -0.366 e. The predicted molar refractivity (Wildman–Crippen MR) is 120 cm³/mol. The number of benzene rings is 2. The molecule has 4 rings (SSSR count). The van der Waals surface area contributed by atoms with Gasteiger partial charge in [-0.15, -0.1) is 0 Å². The Morgan fingerprint density at radius 3 is 2.03 bits per heavy atom.